The van der Waals surface area contributed by atoms with Gasteiger partial charge in [0.25, 0.3) is 0 Å². The Labute approximate surface area is 229 Å². The van der Waals surface area contributed by atoms with Crippen molar-refractivity contribution in [2.24, 2.45) is 11.8 Å². The second kappa shape index (κ2) is 14.6. The molecule has 1 fully saturated rings. The van der Waals surface area contributed by atoms with Crippen LogP contribution in [0.2, 0.25) is 0 Å². The monoisotopic (exact) mass is 518 g/mol. The van der Waals surface area contributed by atoms with Crippen LogP contribution >= 0.6 is 0 Å². The Bertz CT molecular complexity index is 1020. The highest BCUT2D eigenvalue weighted by atomic mass is 16.2. The van der Waals surface area contributed by atoms with E-state index in [-0.39, 0.29) is 35.9 Å². The molecule has 2 aromatic rings. The second-order valence-corrected chi connectivity index (χ2v) is 11.0. The first-order chi connectivity index (χ1) is 18.3. The van der Waals surface area contributed by atoms with Crippen LogP contribution in [0.3, 0.4) is 0 Å². The zero-order valence-corrected chi connectivity index (χ0v) is 23.6. The van der Waals surface area contributed by atoms with Crippen LogP contribution in [0.25, 0.3) is 0 Å². The molecule has 1 aliphatic rings. The lowest BCUT2D eigenvalue weighted by Crippen LogP contribution is -2.59. The molecule has 38 heavy (non-hydrogen) atoms. The number of nitrogens with one attached hydrogen (secondary N) is 3. The number of allylic oxidation sites excluding steroid dienone is 1. The molecule has 1 aliphatic heterocycles. The molecule has 6 nitrogen and oxygen atoms in total. The molecule has 0 bridgehead atoms. The summed E-state index contributed by atoms with van der Waals surface area (Å²) in [6.07, 6.45) is 4.15. The van der Waals surface area contributed by atoms with Crippen LogP contribution < -0.4 is 16.0 Å². The zero-order chi connectivity index (χ0) is 27.5. The molecule has 0 unspecified atom stereocenters. The van der Waals surface area contributed by atoms with Gasteiger partial charge in [-0.3, -0.25) is 4.79 Å². The van der Waals surface area contributed by atoms with Crippen molar-refractivity contribution in [2.45, 2.75) is 77.9 Å². The predicted octanol–water partition coefficient (Wildman–Crippen LogP) is 5.30. The Morgan fingerprint density at radius 2 is 1.58 bits per heavy atom. The van der Waals surface area contributed by atoms with Gasteiger partial charge in [-0.05, 0) is 55.1 Å². The van der Waals surface area contributed by atoms with Gasteiger partial charge in [-0.1, -0.05) is 94.9 Å². The first kappa shape index (κ1) is 29.3. The maximum atomic E-state index is 13.7. The number of rotatable bonds is 14. The number of benzene rings is 2. The average molecular weight is 519 g/mol. The largest absolute Gasteiger partial charge is 0.385 e. The molecule has 0 aliphatic carbocycles. The minimum absolute atomic E-state index is 0.00835. The van der Waals surface area contributed by atoms with E-state index in [9.17, 15) is 9.59 Å². The molecule has 1 saturated heterocycles. The number of urea groups is 1. The molecule has 3 rings (SSSR count). The molecule has 3 N–H and O–H groups in total. The van der Waals surface area contributed by atoms with Gasteiger partial charge in [0.15, 0.2) is 0 Å². The van der Waals surface area contributed by atoms with Crippen molar-refractivity contribution in [2.75, 3.05) is 13.1 Å². The van der Waals surface area contributed by atoms with Crippen molar-refractivity contribution in [3.8, 4) is 0 Å². The van der Waals surface area contributed by atoms with E-state index in [0.29, 0.717) is 13.1 Å². The van der Waals surface area contributed by atoms with E-state index in [4.69, 9.17) is 0 Å². The van der Waals surface area contributed by atoms with Gasteiger partial charge in [0, 0.05) is 30.9 Å². The minimum atomic E-state index is -0.498. The molecule has 4 atom stereocenters. The smallest absolute Gasteiger partial charge is 0.318 e. The van der Waals surface area contributed by atoms with E-state index >= 15 is 0 Å². The van der Waals surface area contributed by atoms with Gasteiger partial charge in [0.2, 0.25) is 5.91 Å². The molecule has 206 valence electrons. The minimum Gasteiger partial charge on any atom is -0.385 e. The van der Waals surface area contributed by atoms with Crippen LogP contribution in [0.1, 0.15) is 58.1 Å². The second-order valence-electron chi connectivity index (χ2n) is 11.0. The van der Waals surface area contributed by atoms with Crippen LogP contribution in [0.4, 0.5) is 4.79 Å². The standard InChI is InChI=1S/C32H46N4O2/c1-6-25(5)34-29(22-27-16-11-8-12-17-27)24(4)20-28(21-26-14-9-7-10-15-26)35-31(37)30(23(2)3)36-19-13-18-33-32(36)38/h7-12,14-17,23-24,28-30,34H,5-6,13,18-22H2,1-4H3,(H,33,38)(H,35,37)/t24-,28+,29-,30-/m0/s1. The summed E-state index contributed by atoms with van der Waals surface area (Å²) in [4.78, 5) is 28.1. The third-order valence-corrected chi connectivity index (χ3v) is 7.48. The topological polar surface area (TPSA) is 73.5 Å². The van der Waals surface area contributed by atoms with Crippen molar-refractivity contribution < 1.29 is 9.59 Å². The number of hydrogen-bond acceptors (Lipinski definition) is 3. The van der Waals surface area contributed by atoms with Crippen molar-refractivity contribution in [3.63, 3.8) is 0 Å². The molecule has 1 heterocycles. The van der Waals surface area contributed by atoms with E-state index < -0.39 is 6.04 Å². The Hall–Kier alpha value is -3.28. The Morgan fingerprint density at radius 1 is 0.974 bits per heavy atom. The number of hydrogen-bond donors (Lipinski definition) is 3. The van der Waals surface area contributed by atoms with Crippen molar-refractivity contribution in [1.29, 1.82) is 0 Å². The summed E-state index contributed by atoms with van der Waals surface area (Å²) in [5, 5.41) is 9.94. The molecule has 0 radical (unpaired) electrons. The summed E-state index contributed by atoms with van der Waals surface area (Å²) in [6.45, 7) is 13.9. The molecule has 0 spiro atoms. The van der Waals surface area contributed by atoms with Gasteiger partial charge in [0.05, 0.1) is 0 Å². The van der Waals surface area contributed by atoms with Gasteiger partial charge < -0.3 is 20.9 Å². The Morgan fingerprint density at radius 3 is 2.13 bits per heavy atom. The zero-order valence-electron chi connectivity index (χ0n) is 23.6. The van der Waals surface area contributed by atoms with Crippen LogP contribution in [0.5, 0.6) is 0 Å². The average Bonchev–Trinajstić information content (AvgIpc) is 2.90. The SMILES string of the molecule is C=C(CC)N[C@@H](Cc1ccccc1)[C@@H](C)C[C@H](Cc1ccccc1)NC(=O)[C@H](C(C)C)N1CCCNC1=O. The van der Waals surface area contributed by atoms with E-state index in [1.54, 1.807) is 4.90 Å². The molecule has 6 heteroatoms. The highest BCUT2D eigenvalue weighted by Gasteiger charge is 2.35. The summed E-state index contributed by atoms with van der Waals surface area (Å²) in [5.41, 5.74) is 3.49. The van der Waals surface area contributed by atoms with Crippen molar-refractivity contribution in [3.05, 3.63) is 84.1 Å². The van der Waals surface area contributed by atoms with Gasteiger partial charge >= 0.3 is 6.03 Å². The fourth-order valence-electron chi connectivity index (χ4n) is 5.34. The summed E-state index contributed by atoms with van der Waals surface area (Å²) in [6, 6.07) is 20.3. The summed E-state index contributed by atoms with van der Waals surface area (Å²) >= 11 is 0. The van der Waals surface area contributed by atoms with Gasteiger partial charge in [-0.25, -0.2) is 4.79 Å². The molecule has 0 saturated carbocycles. The van der Waals surface area contributed by atoms with Crippen molar-refractivity contribution >= 4 is 11.9 Å². The number of carbonyl (C=O) groups is 2. The van der Waals surface area contributed by atoms with E-state index in [2.05, 4.69) is 72.8 Å². The fraction of sp³-hybridized carbons (Fsp3) is 0.500. The highest BCUT2D eigenvalue weighted by molar-refractivity contribution is 5.87. The molecule has 3 amide bonds. The van der Waals surface area contributed by atoms with Crippen LogP contribution in [0, 0.1) is 11.8 Å². The number of carbonyl (C=O) groups excluding carboxylic acids is 2. The quantitative estimate of drug-likeness (QED) is 0.318. The Kier molecular flexibility index (Phi) is 11.3. The first-order valence-electron chi connectivity index (χ1n) is 14.2. The molecule has 2 aromatic carbocycles. The Balaban J connectivity index is 1.80. The molecular formula is C32H46N4O2. The van der Waals surface area contributed by atoms with Crippen LogP contribution in [0.15, 0.2) is 72.9 Å². The lowest BCUT2D eigenvalue weighted by Gasteiger charge is -2.37. The molecule has 0 aromatic heterocycles. The van der Waals surface area contributed by atoms with E-state index in [0.717, 1.165) is 37.8 Å². The maximum absolute atomic E-state index is 13.7. The first-order valence-corrected chi connectivity index (χ1v) is 14.2. The predicted molar refractivity (Wildman–Crippen MR) is 156 cm³/mol. The van der Waals surface area contributed by atoms with Gasteiger partial charge in [-0.2, -0.15) is 0 Å². The lowest BCUT2D eigenvalue weighted by molar-refractivity contribution is -0.128. The van der Waals surface area contributed by atoms with Crippen LogP contribution in [-0.2, 0) is 17.6 Å². The number of nitrogens with zero attached hydrogens (tertiary/aromatic N) is 1. The summed E-state index contributed by atoms with van der Waals surface area (Å²) in [7, 11) is 0. The van der Waals surface area contributed by atoms with Crippen LogP contribution in [-0.4, -0.2) is 48.1 Å². The summed E-state index contributed by atoms with van der Waals surface area (Å²) < 4.78 is 0. The van der Waals surface area contributed by atoms with Gasteiger partial charge in [0.1, 0.15) is 6.04 Å². The fourth-order valence-corrected chi connectivity index (χ4v) is 5.34. The number of amides is 3. The van der Waals surface area contributed by atoms with E-state index in [1.807, 2.05) is 38.1 Å². The highest BCUT2D eigenvalue weighted by Crippen LogP contribution is 2.21. The third kappa shape index (κ3) is 8.64. The third-order valence-electron chi connectivity index (χ3n) is 7.48. The van der Waals surface area contributed by atoms with Gasteiger partial charge in [-0.15, -0.1) is 0 Å². The maximum Gasteiger partial charge on any atom is 0.318 e. The molecular weight excluding hydrogens is 472 g/mol. The van der Waals surface area contributed by atoms with Crippen molar-refractivity contribution in [1.82, 2.24) is 20.9 Å². The van der Waals surface area contributed by atoms with E-state index in [1.165, 1.54) is 11.1 Å². The summed E-state index contributed by atoms with van der Waals surface area (Å²) in [5.74, 6) is 0.202. The lowest BCUT2D eigenvalue weighted by atomic mass is 9.87. The normalized spacial score (nSPS) is 16.8.